The van der Waals surface area contributed by atoms with Gasteiger partial charge in [0.1, 0.15) is 0 Å². The van der Waals surface area contributed by atoms with Crippen LogP contribution in [0.3, 0.4) is 0 Å². The quantitative estimate of drug-likeness (QED) is 0.483. The Bertz CT molecular complexity index is 515. The Balaban J connectivity index is 2.50. The second-order valence-corrected chi connectivity index (χ2v) is 8.58. The zero-order valence-electron chi connectivity index (χ0n) is 13.1. The minimum absolute atomic E-state index is 0.0727. The first kappa shape index (κ1) is 19.7. The molecule has 1 heterocycles. The summed E-state index contributed by atoms with van der Waals surface area (Å²) in [5.74, 6) is -0.145. The van der Waals surface area contributed by atoms with Crippen LogP contribution in [0.1, 0.15) is 13.8 Å². The van der Waals surface area contributed by atoms with E-state index in [0.29, 0.717) is 21.8 Å². The van der Waals surface area contributed by atoms with Crippen LogP contribution < -0.4 is 10.6 Å². The lowest BCUT2D eigenvalue weighted by molar-refractivity contribution is -0.120. The highest BCUT2D eigenvalue weighted by Gasteiger charge is 2.19. The van der Waals surface area contributed by atoms with E-state index in [-0.39, 0.29) is 22.3 Å². The second-order valence-electron chi connectivity index (χ2n) is 4.42. The third-order valence-electron chi connectivity index (χ3n) is 2.52. The number of carbonyl (C=O) groups excluding carboxylic acids is 2. The summed E-state index contributed by atoms with van der Waals surface area (Å²) in [6.07, 6.45) is 3.27. The number of aromatic nitrogens is 2. The van der Waals surface area contributed by atoms with Crippen molar-refractivity contribution in [2.75, 3.05) is 13.1 Å². The molecule has 2 atom stereocenters. The second kappa shape index (κ2) is 10.5. The molecular formula is C14H20N4O2S3. The molecule has 0 saturated heterocycles. The zero-order chi connectivity index (χ0) is 17.2. The van der Waals surface area contributed by atoms with Crippen molar-refractivity contribution < 1.29 is 9.59 Å². The van der Waals surface area contributed by atoms with Crippen LogP contribution in [-0.4, -0.2) is 45.6 Å². The predicted molar refractivity (Wildman–Crippen MR) is 97.0 cm³/mol. The van der Waals surface area contributed by atoms with Crippen molar-refractivity contribution in [2.24, 2.45) is 0 Å². The SMILES string of the molecule is C=CCNC(=O)[C@@H](C)Sc1nnc(S[C@H](C)C(=O)NCC=C)s1. The van der Waals surface area contributed by atoms with Gasteiger partial charge in [-0.05, 0) is 13.8 Å². The topological polar surface area (TPSA) is 84.0 Å². The maximum absolute atomic E-state index is 11.8. The number of amides is 2. The third-order valence-corrected chi connectivity index (χ3v) is 5.81. The molecule has 126 valence electrons. The largest absolute Gasteiger partial charge is 0.352 e. The van der Waals surface area contributed by atoms with Crippen molar-refractivity contribution in [1.29, 1.82) is 0 Å². The van der Waals surface area contributed by atoms with Crippen molar-refractivity contribution in [3.8, 4) is 0 Å². The number of rotatable bonds is 10. The molecule has 1 aromatic rings. The minimum atomic E-state index is -0.269. The Morgan fingerprint density at radius 1 is 1.04 bits per heavy atom. The molecule has 0 bridgehead atoms. The number of nitrogens with one attached hydrogen (secondary N) is 2. The number of carbonyl (C=O) groups is 2. The summed E-state index contributed by atoms with van der Waals surface area (Å²) >= 11 is 4.06. The van der Waals surface area contributed by atoms with E-state index < -0.39 is 0 Å². The number of thioether (sulfide) groups is 2. The minimum Gasteiger partial charge on any atom is -0.352 e. The first-order chi connectivity index (χ1) is 11.0. The van der Waals surface area contributed by atoms with Gasteiger partial charge in [-0.3, -0.25) is 9.59 Å². The van der Waals surface area contributed by atoms with Crippen LogP contribution in [0.2, 0.25) is 0 Å². The first-order valence-corrected chi connectivity index (χ1v) is 9.49. The molecule has 0 fully saturated rings. The van der Waals surface area contributed by atoms with Crippen LogP contribution in [0.5, 0.6) is 0 Å². The zero-order valence-corrected chi connectivity index (χ0v) is 15.5. The predicted octanol–water partition coefficient (Wildman–Crippen LogP) is 2.10. The molecular weight excluding hydrogens is 352 g/mol. The first-order valence-electron chi connectivity index (χ1n) is 6.92. The molecule has 0 aliphatic rings. The molecule has 0 aromatic carbocycles. The standard InChI is InChI=1S/C14H20N4O2S3/c1-5-7-15-11(19)9(3)21-13-17-18-14(23-13)22-10(4)12(20)16-8-6-2/h5-6,9-10H,1-2,7-8H2,3-4H3,(H,15,19)(H,16,20)/t9-,10-/m1/s1. The fraction of sp³-hybridized carbons (Fsp3) is 0.429. The summed E-state index contributed by atoms with van der Waals surface area (Å²) in [7, 11) is 0. The van der Waals surface area contributed by atoms with E-state index in [1.54, 1.807) is 12.2 Å². The molecule has 0 aliphatic carbocycles. The lowest BCUT2D eigenvalue weighted by atomic mass is 10.4. The van der Waals surface area contributed by atoms with Gasteiger partial charge in [0.15, 0.2) is 8.68 Å². The summed E-state index contributed by atoms with van der Waals surface area (Å²) in [6.45, 7) is 11.6. The van der Waals surface area contributed by atoms with Gasteiger partial charge in [0.2, 0.25) is 11.8 Å². The Kier molecular flexibility index (Phi) is 8.97. The molecule has 0 spiro atoms. The molecule has 1 rings (SSSR count). The normalized spacial score (nSPS) is 13.0. The summed E-state index contributed by atoms with van der Waals surface area (Å²) < 4.78 is 1.40. The monoisotopic (exact) mass is 372 g/mol. The van der Waals surface area contributed by atoms with Gasteiger partial charge in [0.05, 0.1) is 10.5 Å². The van der Waals surface area contributed by atoms with E-state index in [4.69, 9.17) is 0 Å². The van der Waals surface area contributed by atoms with E-state index in [1.807, 2.05) is 13.8 Å². The molecule has 2 N–H and O–H groups in total. The highest BCUT2D eigenvalue weighted by atomic mass is 32.2. The maximum atomic E-state index is 11.8. The molecule has 0 radical (unpaired) electrons. The van der Waals surface area contributed by atoms with Gasteiger partial charge in [0.25, 0.3) is 0 Å². The highest BCUT2D eigenvalue weighted by molar-refractivity contribution is 8.04. The number of hydrogen-bond acceptors (Lipinski definition) is 7. The molecule has 2 amide bonds. The van der Waals surface area contributed by atoms with E-state index in [1.165, 1.54) is 34.9 Å². The third kappa shape index (κ3) is 7.19. The van der Waals surface area contributed by atoms with Crippen molar-refractivity contribution >= 4 is 46.7 Å². The molecule has 6 nitrogen and oxygen atoms in total. The summed E-state index contributed by atoms with van der Waals surface area (Å²) in [6, 6.07) is 0. The maximum Gasteiger partial charge on any atom is 0.233 e. The fourth-order valence-corrected chi connectivity index (χ4v) is 4.69. The van der Waals surface area contributed by atoms with Crippen LogP contribution in [0.4, 0.5) is 0 Å². The van der Waals surface area contributed by atoms with Crippen LogP contribution >= 0.6 is 34.9 Å². The molecule has 0 saturated carbocycles. The van der Waals surface area contributed by atoms with Gasteiger partial charge in [-0.15, -0.1) is 23.4 Å². The average Bonchev–Trinajstić information content (AvgIpc) is 2.96. The van der Waals surface area contributed by atoms with Crippen molar-refractivity contribution in [2.45, 2.75) is 33.0 Å². The lowest BCUT2D eigenvalue weighted by Gasteiger charge is -2.08. The molecule has 0 aliphatic heterocycles. The lowest BCUT2D eigenvalue weighted by Crippen LogP contribution is -2.30. The van der Waals surface area contributed by atoms with E-state index >= 15 is 0 Å². The number of hydrogen-bond donors (Lipinski definition) is 2. The van der Waals surface area contributed by atoms with Crippen molar-refractivity contribution in [3.63, 3.8) is 0 Å². The van der Waals surface area contributed by atoms with Crippen LogP contribution in [-0.2, 0) is 9.59 Å². The van der Waals surface area contributed by atoms with Gasteiger partial charge in [-0.25, -0.2) is 0 Å². The van der Waals surface area contributed by atoms with E-state index in [2.05, 4.69) is 34.0 Å². The Morgan fingerprint density at radius 2 is 1.43 bits per heavy atom. The highest BCUT2D eigenvalue weighted by Crippen LogP contribution is 2.33. The summed E-state index contributed by atoms with van der Waals surface area (Å²) in [4.78, 5) is 23.6. The molecule has 0 unspecified atom stereocenters. The van der Waals surface area contributed by atoms with E-state index in [0.717, 1.165) is 0 Å². The Hall–Kier alpha value is -1.32. The fourth-order valence-electron chi connectivity index (χ4n) is 1.33. The summed E-state index contributed by atoms with van der Waals surface area (Å²) in [5.41, 5.74) is 0. The molecule has 23 heavy (non-hydrogen) atoms. The van der Waals surface area contributed by atoms with Gasteiger partial charge in [0, 0.05) is 13.1 Å². The van der Waals surface area contributed by atoms with Crippen LogP contribution in [0.15, 0.2) is 34.0 Å². The van der Waals surface area contributed by atoms with Gasteiger partial charge in [-0.2, -0.15) is 0 Å². The average molecular weight is 373 g/mol. The smallest absolute Gasteiger partial charge is 0.233 e. The van der Waals surface area contributed by atoms with Crippen LogP contribution in [0.25, 0.3) is 0 Å². The van der Waals surface area contributed by atoms with Gasteiger partial charge in [-0.1, -0.05) is 47.0 Å². The molecule has 1 aromatic heterocycles. The molecule has 9 heteroatoms. The Labute approximate surface area is 148 Å². The van der Waals surface area contributed by atoms with Crippen LogP contribution in [0, 0.1) is 0 Å². The van der Waals surface area contributed by atoms with Crippen molar-refractivity contribution in [3.05, 3.63) is 25.3 Å². The summed E-state index contributed by atoms with van der Waals surface area (Å²) in [5, 5.41) is 13.0. The number of nitrogens with zero attached hydrogens (tertiary/aromatic N) is 2. The Morgan fingerprint density at radius 3 is 1.78 bits per heavy atom. The van der Waals surface area contributed by atoms with Crippen molar-refractivity contribution in [1.82, 2.24) is 20.8 Å². The van der Waals surface area contributed by atoms with E-state index in [9.17, 15) is 9.59 Å². The van der Waals surface area contributed by atoms with Gasteiger partial charge < -0.3 is 10.6 Å². The van der Waals surface area contributed by atoms with Gasteiger partial charge >= 0.3 is 0 Å².